The fraction of sp³-hybridized carbons (Fsp3) is 0.909. The number of nitrogens with one attached hydrogen (secondary N) is 1. The van der Waals surface area contributed by atoms with Crippen molar-refractivity contribution in [1.82, 2.24) is 5.32 Å². The van der Waals surface area contributed by atoms with E-state index in [-0.39, 0.29) is 24.0 Å². The Labute approximate surface area is 84.9 Å². The van der Waals surface area contributed by atoms with Crippen LogP contribution in [-0.2, 0) is 4.79 Å². The van der Waals surface area contributed by atoms with Crippen molar-refractivity contribution < 1.29 is 9.90 Å². The number of carbonyl (C=O) groups is 1. The molecule has 2 aliphatic carbocycles. The van der Waals surface area contributed by atoms with Gasteiger partial charge in [-0.25, -0.2) is 0 Å². The Bertz CT molecular complexity index is 217. The summed E-state index contributed by atoms with van der Waals surface area (Å²) >= 11 is 0. The maximum absolute atomic E-state index is 11.8. The maximum atomic E-state index is 11.8. The zero-order valence-corrected chi connectivity index (χ0v) is 8.59. The molecule has 0 atom stereocenters. The number of amides is 1. The average Bonchev–Trinajstić information content (AvgIpc) is 3.00. The van der Waals surface area contributed by atoms with E-state index in [1.807, 2.05) is 0 Å². The minimum absolute atomic E-state index is 0.103. The molecule has 0 unspecified atom stereocenters. The summed E-state index contributed by atoms with van der Waals surface area (Å²) in [7, 11) is 0. The van der Waals surface area contributed by atoms with E-state index in [0.717, 1.165) is 25.7 Å². The van der Waals surface area contributed by atoms with Gasteiger partial charge in [-0.05, 0) is 25.7 Å². The lowest BCUT2D eigenvalue weighted by Gasteiger charge is -2.23. The van der Waals surface area contributed by atoms with Crippen molar-refractivity contribution in [2.24, 2.45) is 5.92 Å². The molecule has 0 spiro atoms. The Hall–Kier alpha value is -0.570. The Balaban J connectivity index is 1.82. The van der Waals surface area contributed by atoms with Gasteiger partial charge in [-0.2, -0.15) is 0 Å². The molecule has 2 saturated carbocycles. The van der Waals surface area contributed by atoms with Crippen molar-refractivity contribution in [3.8, 4) is 0 Å². The van der Waals surface area contributed by atoms with Gasteiger partial charge in [-0.1, -0.05) is 19.3 Å². The summed E-state index contributed by atoms with van der Waals surface area (Å²) in [6, 6.07) is 0. The zero-order valence-electron chi connectivity index (χ0n) is 8.59. The molecular weight excluding hydrogens is 178 g/mol. The van der Waals surface area contributed by atoms with E-state index in [1.54, 1.807) is 0 Å². The lowest BCUT2D eigenvalue weighted by molar-refractivity contribution is -0.127. The highest BCUT2D eigenvalue weighted by atomic mass is 16.3. The van der Waals surface area contributed by atoms with Gasteiger partial charge in [-0.3, -0.25) is 4.79 Å². The van der Waals surface area contributed by atoms with Crippen LogP contribution in [0.1, 0.15) is 44.9 Å². The van der Waals surface area contributed by atoms with E-state index in [0.29, 0.717) is 0 Å². The highest BCUT2D eigenvalue weighted by molar-refractivity contribution is 5.80. The van der Waals surface area contributed by atoms with Crippen LogP contribution >= 0.6 is 0 Å². The van der Waals surface area contributed by atoms with Crippen LogP contribution in [-0.4, -0.2) is 23.2 Å². The summed E-state index contributed by atoms with van der Waals surface area (Å²) in [6.07, 6.45) is 7.61. The second-order valence-electron chi connectivity index (χ2n) is 4.76. The number of aliphatic hydroxyl groups is 1. The SMILES string of the molecule is O=C(NC1(CO)CC1)C1CCCCC1. The molecule has 0 aromatic heterocycles. The number of rotatable bonds is 3. The first-order chi connectivity index (χ1) is 6.76. The molecule has 3 heteroatoms. The van der Waals surface area contributed by atoms with Gasteiger partial charge in [-0.15, -0.1) is 0 Å². The smallest absolute Gasteiger partial charge is 0.223 e. The minimum atomic E-state index is -0.228. The number of carbonyl (C=O) groups excluding carboxylic acids is 1. The lowest BCUT2D eigenvalue weighted by Crippen LogP contribution is -2.43. The van der Waals surface area contributed by atoms with E-state index in [2.05, 4.69) is 5.32 Å². The lowest BCUT2D eigenvalue weighted by atomic mass is 9.88. The Morgan fingerprint density at radius 3 is 2.43 bits per heavy atom. The highest BCUT2D eigenvalue weighted by Gasteiger charge is 2.44. The van der Waals surface area contributed by atoms with Gasteiger partial charge in [0.25, 0.3) is 0 Å². The topological polar surface area (TPSA) is 49.3 Å². The van der Waals surface area contributed by atoms with Crippen LogP contribution in [0.25, 0.3) is 0 Å². The first-order valence-electron chi connectivity index (χ1n) is 5.69. The molecule has 0 aromatic carbocycles. The van der Waals surface area contributed by atoms with E-state index < -0.39 is 0 Å². The molecular formula is C11H19NO2. The number of hydrogen-bond acceptors (Lipinski definition) is 2. The van der Waals surface area contributed by atoms with Crippen molar-refractivity contribution in [2.75, 3.05) is 6.61 Å². The standard InChI is InChI=1S/C11H19NO2/c13-8-11(6-7-11)12-10(14)9-4-2-1-3-5-9/h9,13H,1-8H2,(H,12,14). The molecule has 2 aliphatic rings. The van der Waals surface area contributed by atoms with Gasteiger partial charge >= 0.3 is 0 Å². The zero-order chi connectivity index (χ0) is 10.0. The molecule has 2 rings (SSSR count). The van der Waals surface area contributed by atoms with Gasteiger partial charge < -0.3 is 10.4 Å². The molecule has 0 radical (unpaired) electrons. The third-order valence-electron chi connectivity index (χ3n) is 3.52. The van der Waals surface area contributed by atoms with Crippen molar-refractivity contribution >= 4 is 5.91 Å². The van der Waals surface area contributed by atoms with Crippen molar-refractivity contribution in [3.05, 3.63) is 0 Å². The average molecular weight is 197 g/mol. The molecule has 2 fully saturated rings. The summed E-state index contributed by atoms with van der Waals surface area (Å²) in [5, 5.41) is 12.1. The van der Waals surface area contributed by atoms with Crippen molar-refractivity contribution in [1.29, 1.82) is 0 Å². The quantitative estimate of drug-likeness (QED) is 0.714. The van der Waals surface area contributed by atoms with Crippen LogP contribution in [0.5, 0.6) is 0 Å². The van der Waals surface area contributed by atoms with Gasteiger partial charge in [0.15, 0.2) is 0 Å². The molecule has 0 bridgehead atoms. The molecule has 0 aromatic rings. The predicted molar refractivity (Wildman–Crippen MR) is 53.8 cm³/mol. The molecule has 2 N–H and O–H groups in total. The van der Waals surface area contributed by atoms with Crippen LogP contribution in [0.4, 0.5) is 0 Å². The maximum Gasteiger partial charge on any atom is 0.223 e. The Kier molecular flexibility index (Phi) is 2.77. The van der Waals surface area contributed by atoms with Crippen LogP contribution in [0.3, 0.4) is 0 Å². The van der Waals surface area contributed by atoms with Crippen LogP contribution in [0.2, 0.25) is 0 Å². The number of aliphatic hydroxyl groups excluding tert-OH is 1. The largest absolute Gasteiger partial charge is 0.394 e. The van der Waals surface area contributed by atoms with Gasteiger partial charge in [0.2, 0.25) is 5.91 Å². The second kappa shape index (κ2) is 3.89. The highest BCUT2D eigenvalue weighted by Crippen LogP contribution is 2.35. The van der Waals surface area contributed by atoms with Crippen molar-refractivity contribution in [3.63, 3.8) is 0 Å². The third-order valence-corrected chi connectivity index (χ3v) is 3.52. The molecule has 14 heavy (non-hydrogen) atoms. The predicted octanol–water partition coefficient (Wildman–Crippen LogP) is 1.21. The molecule has 80 valence electrons. The number of hydrogen-bond donors (Lipinski definition) is 2. The molecule has 0 aliphatic heterocycles. The Morgan fingerprint density at radius 1 is 1.29 bits per heavy atom. The fourth-order valence-electron chi connectivity index (χ4n) is 2.20. The minimum Gasteiger partial charge on any atom is -0.394 e. The van der Waals surface area contributed by atoms with E-state index >= 15 is 0 Å². The van der Waals surface area contributed by atoms with Crippen LogP contribution in [0.15, 0.2) is 0 Å². The van der Waals surface area contributed by atoms with Gasteiger partial charge in [0, 0.05) is 5.92 Å². The summed E-state index contributed by atoms with van der Waals surface area (Å²) in [6.45, 7) is 0.103. The van der Waals surface area contributed by atoms with E-state index in [4.69, 9.17) is 5.11 Å². The normalized spacial score (nSPS) is 25.8. The van der Waals surface area contributed by atoms with Crippen LogP contribution < -0.4 is 5.32 Å². The van der Waals surface area contributed by atoms with Crippen LogP contribution in [0, 0.1) is 5.92 Å². The summed E-state index contributed by atoms with van der Waals surface area (Å²) < 4.78 is 0. The molecule has 0 heterocycles. The monoisotopic (exact) mass is 197 g/mol. The first-order valence-corrected chi connectivity index (χ1v) is 5.69. The molecule has 3 nitrogen and oxygen atoms in total. The summed E-state index contributed by atoms with van der Waals surface area (Å²) in [5.41, 5.74) is -0.228. The molecule has 1 amide bonds. The van der Waals surface area contributed by atoms with Crippen molar-refractivity contribution in [2.45, 2.75) is 50.5 Å². The fourth-order valence-corrected chi connectivity index (χ4v) is 2.20. The molecule has 0 saturated heterocycles. The summed E-state index contributed by atoms with van der Waals surface area (Å²) in [5.74, 6) is 0.393. The Morgan fingerprint density at radius 2 is 1.93 bits per heavy atom. The van der Waals surface area contributed by atoms with E-state index in [1.165, 1.54) is 19.3 Å². The second-order valence-corrected chi connectivity index (χ2v) is 4.76. The van der Waals surface area contributed by atoms with E-state index in [9.17, 15) is 4.79 Å². The first kappa shape index (κ1) is 9.97. The van der Waals surface area contributed by atoms with Gasteiger partial charge in [0.1, 0.15) is 0 Å². The summed E-state index contributed by atoms with van der Waals surface area (Å²) in [4.78, 5) is 11.8. The van der Waals surface area contributed by atoms with Gasteiger partial charge in [0.05, 0.1) is 12.1 Å². The third kappa shape index (κ3) is 2.08.